The Morgan fingerprint density at radius 3 is 2.26 bits per heavy atom. The van der Waals surface area contributed by atoms with Crippen LogP contribution in [-0.2, 0) is 14.8 Å². The molecule has 2 aromatic carbocycles. The van der Waals surface area contributed by atoms with Gasteiger partial charge >= 0.3 is 5.97 Å². The number of carbonyl (C=O) groups is 1. The molecule has 0 unspecified atom stereocenters. The number of ether oxygens (including phenoxy) is 1. The lowest BCUT2D eigenvalue weighted by molar-refractivity contribution is 0.0526. The molecule has 0 amide bonds. The Morgan fingerprint density at radius 1 is 0.968 bits per heavy atom. The SMILES string of the molecule is CCOC(=O)c1ccc(Nc2nc3ccccc3nc2NS(=O)(=O)c2cccs2)cc1. The number of nitrogens with one attached hydrogen (secondary N) is 2. The zero-order valence-electron chi connectivity index (χ0n) is 16.4. The van der Waals surface area contributed by atoms with Gasteiger partial charge in [0.2, 0.25) is 0 Å². The van der Waals surface area contributed by atoms with E-state index in [-0.39, 0.29) is 15.8 Å². The van der Waals surface area contributed by atoms with Crippen LogP contribution in [0.2, 0.25) is 0 Å². The predicted octanol–water partition coefficient (Wildman–Crippen LogP) is 4.41. The summed E-state index contributed by atoms with van der Waals surface area (Å²) in [6.07, 6.45) is 0. The molecule has 2 heterocycles. The molecule has 10 heteroatoms. The van der Waals surface area contributed by atoms with Gasteiger partial charge in [0.25, 0.3) is 10.0 Å². The van der Waals surface area contributed by atoms with Gasteiger partial charge in [-0.25, -0.2) is 23.2 Å². The first-order chi connectivity index (χ1) is 15.0. The van der Waals surface area contributed by atoms with Crippen LogP contribution in [0.15, 0.2) is 70.3 Å². The van der Waals surface area contributed by atoms with Gasteiger partial charge < -0.3 is 10.1 Å². The van der Waals surface area contributed by atoms with Crippen LogP contribution in [0.5, 0.6) is 0 Å². The molecule has 4 rings (SSSR count). The summed E-state index contributed by atoms with van der Waals surface area (Å²) >= 11 is 1.11. The number of para-hydroxylation sites is 2. The smallest absolute Gasteiger partial charge is 0.338 e. The average molecular weight is 455 g/mol. The van der Waals surface area contributed by atoms with Gasteiger partial charge in [-0.05, 0) is 54.8 Å². The summed E-state index contributed by atoms with van der Waals surface area (Å²) in [5, 5.41) is 4.77. The predicted molar refractivity (Wildman–Crippen MR) is 120 cm³/mol. The third kappa shape index (κ3) is 4.65. The number of fused-ring (bicyclic) bond motifs is 1. The molecule has 0 spiro atoms. The fraction of sp³-hybridized carbons (Fsp3) is 0.0952. The number of benzene rings is 2. The Bertz CT molecular complexity index is 1320. The largest absolute Gasteiger partial charge is 0.462 e. The molecule has 0 bridgehead atoms. The topological polar surface area (TPSA) is 110 Å². The Kier molecular flexibility index (Phi) is 5.83. The summed E-state index contributed by atoms with van der Waals surface area (Å²) in [5.74, 6) is -0.103. The van der Waals surface area contributed by atoms with E-state index in [0.29, 0.717) is 28.9 Å². The number of thiophene rings is 1. The summed E-state index contributed by atoms with van der Waals surface area (Å²) in [6, 6.07) is 16.9. The van der Waals surface area contributed by atoms with Gasteiger partial charge in [-0.3, -0.25) is 4.72 Å². The minimum atomic E-state index is -3.81. The molecule has 2 aromatic heterocycles. The molecule has 0 aliphatic heterocycles. The van der Waals surface area contributed by atoms with Gasteiger partial charge in [-0.1, -0.05) is 18.2 Å². The second-order valence-electron chi connectivity index (χ2n) is 6.37. The Morgan fingerprint density at radius 2 is 1.65 bits per heavy atom. The Balaban J connectivity index is 1.69. The van der Waals surface area contributed by atoms with Gasteiger partial charge in [0.15, 0.2) is 11.6 Å². The van der Waals surface area contributed by atoms with Crippen LogP contribution < -0.4 is 10.0 Å². The lowest BCUT2D eigenvalue weighted by Crippen LogP contribution is -2.15. The highest BCUT2D eigenvalue weighted by Crippen LogP contribution is 2.28. The van der Waals surface area contributed by atoms with Crippen molar-refractivity contribution in [2.75, 3.05) is 16.6 Å². The number of nitrogens with zero attached hydrogens (tertiary/aromatic N) is 2. The van der Waals surface area contributed by atoms with Crippen molar-refractivity contribution in [2.24, 2.45) is 0 Å². The maximum absolute atomic E-state index is 12.7. The Hall–Kier alpha value is -3.50. The first kappa shape index (κ1) is 20.8. The quantitative estimate of drug-likeness (QED) is 0.398. The standard InChI is InChI=1S/C21H18N4O4S2/c1-2-29-21(26)14-9-11-15(12-10-14)22-19-20(24-17-7-4-3-6-16(17)23-19)25-31(27,28)18-8-5-13-30-18/h3-13H,2H2,1H3,(H,22,23)(H,24,25). The second kappa shape index (κ2) is 8.70. The average Bonchev–Trinajstić information content (AvgIpc) is 3.31. The third-order valence-electron chi connectivity index (χ3n) is 4.22. The molecule has 0 saturated carbocycles. The van der Waals surface area contributed by atoms with E-state index >= 15 is 0 Å². The second-order valence-corrected chi connectivity index (χ2v) is 9.23. The number of carbonyl (C=O) groups excluding carboxylic acids is 1. The van der Waals surface area contributed by atoms with Crippen molar-refractivity contribution in [3.8, 4) is 0 Å². The molecular formula is C21H18N4O4S2. The molecule has 0 aliphatic rings. The van der Waals surface area contributed by atoms with E-state index in [1.807, 2.05) is 6.07 Å². The summed E-state index contributed by atoms with van der Waals surface area (Å²) < 4.78 is 33.2. The molecule has 0 aliphatic carbocycles. The van der Waals surface area contributed by atoms with E-state index in [1.165, 1.54) is 6.07 Å². The van der Waals surface area contributed by atoms with Gasteiger partial charge in [0, 0.05) is 5.69 Å². The van der Waals surface area contributed by atoms with Crippen LogP contribution in [-0.4, -0.2) is 31.0 Å². The first-order valence-corrected chi connectivity index (χ1v) is 11.7. The number of hydrogen-bond donors (Lipinski definition) is 2. The van der Waals surface area contributed by atoms with E-state index < -0.39 is 16.0 Å². The molecular weight excluding hydrogens is 436 g/mol. The fourth-order valence-electron chi connectivity index (χ4n) is 2.79. The molecule has 2 N–H and O–H groups in total. The summed E-state index contributed by atoms with van der Waals surface area (Å²) in [7, 11) is -3.81. The number of anilines is 3. The highest BCUT2D eigenvalue weighted by Gasteiger charge is 2.20. The van der Waals surface area contributed by atoms with Crippen molar-refractivity contribution in [3.05, 3.63) is 71.6 Å². The van der Waals surface area contributed by atoms with Crippen LogP contribution in [0, 0.1) is 0 Å². The van der Waals surface area contributed by atoms with Crippen molar-refractivity contribution in [1.29, 1.82) is 0 Å². The van der Waals surface area contributed by atoms with E-state index in [0.717, 1.165) is 11.3 Å². The van der Waals surface area contributed by atoms with Crippen molar-refractivity contribution in [2.45, 2.75) is 11.1 Å². The lowest BCUT2D eigenvalue weighted by atomic mass is 10.2. The molecule has 0 fully saturated rings. The third-order valence-corrected chi connectivity index (χ3v) is 6.96. The number of esters is 1. The van der Waals surface area contributed by atoms with Crippen LogP contribution in [0.4, 0.5) is 17.3 Å². The van der Waals surface area contributed by atoms with E-state index in [4.69, 9.17) is 4.74 Å². The van der Waals surface area contributed by atoms with Crippen LogP contribution in [0.25, 0.3) is 11.0 Å². The number of hydrogen-bond acceptors (Lipinski definition) is 8. The van der Waals surface area contributed by atoms with Gasteiger partial charge in [-0.15, -0.1) is 11.3 Å². The highest BCUT2D eigenvalue weighted by atomic mass is 32.2. The first-order valence-electron chi connectivity index (χ1n) is 9.33. The normalized spacial score (nSPS) is 11.3. The fourth-order valence-corrected chi connectivity index (χ4v) is 4.80. The molecule has 0 saturated heterocycles. The molecule has 0 atom stereocenters. The van der Waals surface area contributed by atoms with Gasteiger partial charge in [0.1, 0.15) is 4.21 Å². The van der Waals surface area contributed by atoms with Crippen LogP contribution >= 0.6 is 11.3 Å². The number of aromatic nitrogens is 2. The van der Waals surface area contributed by atoms with Crippen molar-refractivity contribution < 1.29 is 17.9 Å². The monoisotopic (exact) mass is 454 g/mol. The minimum absolute atomic E-state index is 0.0709. The Labute approximate surface area is 183 Å². The maximum atomic E-state index is 12.7. The van der Waals surface area contributed by atoms with Crippen LogP contribution in [0.3, 0.4) is 0 Å². The van der Waals surface area contributed by atoms with E-state index in [9.17, 15) is 13.2 Å². The summed E-state index contributed by atoms with van der Waals surface area (Å²) in [5.41, 5.74) is 2.17. The van der Waals surface area contributed by atoms with Crippen molar-refractivity contribution >= 4 is 55.7 Å². The summed E-state index contributed by atoms with van der Waals surface area (Å²) in [6.45, 7) is 2.03. The highest BCUT2D eigenvalue weighted by molar-refractivity contribution is 7.94. The molecule has 4 aromatic rings. The van der Waals surface area contributed by atoms with Crippen molar-refractivity contribution in [3.63, 3.8) is 0 Å². The lowest BCUT2D eigenvalue weighted by Gasteiger charge is -2.13. The zero-order valence-corrected chi connectivity index (χ0v) is 18.0. The molecule has 8 nitrogen and oxygen atoms in total. The maximum Gasteiger partial charge on any atom is 0.338 e. The molecule has 0 radical (unpaired) electrons. The molecule has 158 valence electrons. The van der Waals surface area contributed by atoms with Crippen molar-refractivity contribution in [1.82, 2.24) is 9.97 Å². The zero-order chi connectivity index (χ0) is 21.8. The van der Waals surface area contributed by atoms with E-state index in [1.54, 1.807) is 60.8 Å². The van der Waals surface area contributed by atoms with Crippen LogP contribution in [0.1, 0.15) is 17.3 Å². The van der Waals surface area contributed by atoms with Gasteiger partial charge in [0.05, 0.1) is 23.2 Å². The summed E-state index contributed by atoms with van der Waals surface area (Å²) in [4.78, 5) is 20.8. The van der Waals surface area contributed by atoms with Gasteiger partial charge in [-0.2, -0.15) is 0 Å². The number of rotatable bonds is 7. The minimum Gasteiger partial charge on any atom is -0.462 e. The number of sulfonamides is 1. The van der Waals surface area contributed by atoms with E-state index in [2.05, 4.69) is 20.0 Å². The molecule has 31 heavy (non-hydrogen) atoms.